The monoisotopic (exact) mass is 316 g/mol. The molecule has 1 aliphatic rings. The average molecular weight is 316 g/mol. The number of carbonyl (C=O) groups excluding carboxylic acids is 1. The van der Waals surface area contributed by atoms with Crippen LogP contribution in [0.4, 0.5) is 0 Å². The molecule has 0 radical (unpaired) electrons. The summed E-state index contributed by atoms with van der Waals surface area (Å²) in [6.07, 6.45) is -0.620. The van der Waals surface area contributed by atoms with E-state index < -0.39 is 12.0 Å². The Kier molecular flexibility index (Phi) is 4.64. The molecule has 3 rings (SSSR count). The standard InChI is InChI=1S/C17H20N2O4/c1-12-9-19(11-15(21-12)17(18)20)10-14-7-8-16(23-14)22-13-5-3-2-4-6-13/h2-8,12,15H,9-11H2,1H3,(H2,18,20)/t12-,15-/m1/s1. The van der Waals surface area contributed by atoms with Gasteiger partial charge in [-0.15, -0.1) is 0 Å². The van der Waals surface area contributed by atoms with Crippen LogP contribution in [0, 0.1) is 0 Å². The second-order valence-electron chi connectivity index (χ2n) is 5.67. The first-order valence-electron chi connectivity index (χ1n) is 7.59. The fraction of sp³-hybridized carbons (Fsp3) is 0.353. The zero-order valence-electron chi connectivity index (χ0n) is 13.0. The van der Waals surface area contributed by atoms with E-state index in [9.17, 15) is 4.79 Å². The Labute approximate surface area is 134 Å². The maximum atomic E-state index is 11.3. The van der Waals surface area contributed by atoms with E-state index in [1.54, 1.807) is 6.07 Å². The minimum Gasteiger partial charge on any atom is -0.429 e. The molecule has 2 aromatic rings. The first-order chi connectivity index (χ1) is 11.1. The first kappa shape index (κ1) is 15.6. The number of carbonyl (C=O) groups is 1. The van der Waals surface area contributed by atoms with Crippen molar-refractivity contribution >= 4 is 5.91 Å². The summed E-state index contributed by atoms with van der Waals surface area (Å²) in [6, 6.07) is 13.1. The number of para-hydroxylation sites is 1. The second kappa shape index (κ2) is 6.85. The zero-order valence-corrected chi connectivity index (χ0v) is 13.0. The molecule has 1 amide bonds. The molecule has 0 aliphatic carbocycles. The topological polar surface area (TPSA) is 77.9 Å². The van der Waals surface area contributed by atoms with Gasteiger partial charge in [0.15, 0.2) is 0 Å². The van der Waals surface area contributed by atoms with E-state index in [2.05, 4.69) is 4.90 Å². The SMILES string of the molecule is C[C@@H]1CN(Cc2ccc(Oc3ccccc3)o2)C[C@H](C(N)=O)O1. The van der Waals surface area contributed by atoms with Crippen molar-refractivity contribution in [3.05, 3.63) is 48.2 Å². The quantitative estimate of drug-likeness (QED) is 0.914. The minimum atomic E-state index is -0.575. The summed E-state index contributed by atoms with van der Waals surface area (Å²) in [7, 11) is 0. The van der Waals surface area contributed by atoms with Gasteiger partial charge in [-0.05, 0) is 25.1 Å². The lowest BCUT2D eigenvalue weighted by Gasteiger charge is -2.34. The van der Waals surface area contributed by atoms with Crippen LogP contribution in [-0.4, -0.2) is 36.1 Å². The van der Waals surface area contributed by atoms with E-state index in [1.165, 1.54) is 0 Å². The molecule has 6 heteroatoms. The molecule has 0 spiro atoms. The number of furan rings is 1. The molecule has 2 N–H and O–H groups in total. The Balaban J connectivity index is 1.61. The Morgan fingerprint density at radius 2 is 2.04 bits per heavy atom. The van der Waals surface area contributed by atoms with E-state index in [0.29, 0.717) is 19.0 Å². The third-order valence-corrected chi connectivity index (χ3v) is 3.63. The van der Waals surface area contributed by atoms with E-state index in [0.717, 1.165) is 18.1 Å². The molecule has 122 valence electrons. The zero-order chi connectivity index (χ0) is 16.2. The highest BCUT2D eigenvalue weighted by atomic mass is 16.6. The van der Waals surface area contributed by atoms with Crippen LogP contribution < -0.4 is 10.5 Å². The third-order valence-electron chi connectivity index (χ3n) is 3.63. The number of hydrogen-bond acceptors (Lipinski definition) is 5. The predicted octanol–water partition coefficient (Wildman–Crippen LogP) is 2.15. The molecule has 0 bridgehead atoms. The van der Waals surface area contributed by atoms with Gasteiger partial charge < -0.3 is 19.6 Å². The maximum Gasteiger partial charge on any atom is 0.290 e. The van der Waals surface area contributed by atoms with Crippen LogP contribution in [0.5, 0.6) is 11.7 Å². The fourth-order valence-corrected chi connectivity index (χ4v) is 2.65. The average Bonchev–Trinajstić information content (AvgIpc) is 2.94. The van der Waals surface area contributed by atoms with Gasteiger partial charge in [-0.1, -0.05) is 18.2 Å². The molecule has 23 heavy (non-hydrogen) atoms. The van der Waals surface area contributed by atoms with Crippen LogP contribution in [0.25, 0.3) is 0 Å². The van der Waals surface area contributed by atoms with Crippen molar-refractivity contribution < 1.29 is 18.7 Å². The Morgan fingerprint density at radius 1 is 1.26 bits per heavy atom. The normalized spacial score (nSPS) is 22.0. The van der Waals surface area contributed by atoms with Crippen molar-refractivity contribution in [2.75, 3.05) is 13.1 Å². The van der Waals surface area contributed by atoms with Gasteiger partial charge in [0.25, 0.3) is 5.95 Å². The van der Waals surface area contributed by atoms with Crippen molar-refractivity contribution in [3.63, 3.8) is 0 Å². The number of amides is 1. The molecule has 2 heterocycles. The summed E-state index contributed by atoms with van der Waals surface area (Å²) in [5.41, 5.74) is 5.34. The molecule has 0 unspecified atom stereocenters. The van der Waals surface area contributed by atoms with Crippen LogP contribution in [-0.2, 0) is 16.1 Å². The molecule has 1 aromatic carbocycles. The van der Waals surface area contributed by atoms with Crippen LogP contribution in [0.1, 0.15) is 12.7 Å². The molecule has 1 fully saturated rings. The Morgan fingerprint density at radius 3 is 2.78 bits per heavy atom. The van der Waals surface area contributed by atoms with Crippen molar-refractivity contribution in [1.29, 1.82) is 0 Å². The van der Waals surface area contributed by atoms with Gasteiger partial charge in [0.1, 0.15) is 17.6 Å². The van der Waals surface area contributed by atoms with E-state index in [-0.39, 0.29) is 6.10 Å². The van der Waals surface area contributed by atoms with Gasteiger partial charge in [-0.3, -0.25) is 9.69 Å². The van der Waals surface area contributed by atoms with Gasteiger partial charge in [0.05, 0.1) is 12.6 Å². The number of primary amides is 1. The molecule has 1 aliphatic heterocycles. The molecule has 1 saturated heterocycles. The Bertz CT molecular complexity index is 656. The van der Waals surface area contributed by atoms with Crippen molar-refractivity contribution in [3.8, 4) is 11.7 Å². The van der Waals surface area contributed by atoms with Crippen molar-refractivity contribution in [1.82, 2.24) is 4.90 Å². The van der Waals surface area contributed by atoms with Gasteiger partial charge >= 0.3 is 0 Å². The lowest BCUT2D eigenvalue weighted by atomic mass is 10.2. The van der Waals surface area contributed by atoms with Crippen LogP contribution >= 0.6 is 0 Å². The van der Waals surface area contributed by atoms with Crippen molar-refractivity contribution in [2.24, 2.45) is 5.73 Å². The molecule has 0 saturated carbocycles. The highest BCUT2D eigenvalue weighted by Gasteiger charge is 2.29. The summed E-state index contributed by atoms with van der Waals surface area (Å²) < 4.78 is 16.9. The lowest BCUT2D eigenvalue weighted by Crippen LogP contribution is -2.51. The summed E-state index contributed by atoms with van der Waals surface area (Å²) in [6.45, 7) is 3.69. The highest BCUT2D eigenvalue weighted by molar-refractivity contribution is 5.79. The predicted molar refractivity (Wildman–Crippen MR) is 84.0 cm³/mol. The van der Waals surface area contributed by atoms with E-state index >= 15 is 0 Å². The minimum absolute atomic E-state index is 0.0451. The number of morpholine rings is 1. The third kappa shape index (κ3) is 4.12. The fourth-order valence-electron chi connectivity index (χ4n) is 2.65. The summed E-state index contributed by atoms with van der Waals surface area (Å²) in [5.74, 6) is 1.50. The molecular formula is C17H20N2O4. The summed E-state index contributed by atoms with van der Waals surface area (Å²) in [5, 5.41) is 0. The largest absolute Gasteiger partial charge is 0.429 e. The number of ether oxygens (including phenoxy) is 2. The van der Waals surface area contributed by atoms with E-state index in [1.807, 2.05) is 43.3 Å². The molecular weight excluding hydrogens is 296 g/mol. The lowest BCUT2D eigenvalue weighted by molar-refractivity contribution is -0.143. The van der Waals surface area contributed by atoms with Gasteiger partial charge in [-0.2, -0.15) is 0 Å². The second-order valence-corrected chi connectivity index (χ2v) is 5.67. The Hall–Kier alpha value is -2.31. The van der Waals surface area contributed by atoms with Gasteiger partial charge in [-0.25, -0.2) is 0 Å². The van der Waals surface area contributed by atoms with Crippen LogP contribution in [0.2, 0.25) is 0 Å². The summed E-state index contributed by atoms with van der Waals surface area (Å²) in [4.78, 5) is 13.4. The van der Waals surface area contributed by atoms with Crippen LogP contribution in [0.3, 0.4) is 0 Å². The smallest absolute Gasteiger partial charge is 0.290 e. The summed E-state index contributed by atoms with van der Waals surface area (Å²) >= 11 is 0. The van der Waals surface area contributed by atoms with E-state index in [4.69, 9.17) is 19.6 Å². The van der Waals surface area contributed by atoms with Crippen molar-refractivity contribution in [2.45, 2.75) is 25.7 Å². The number of nitrogens with zero attached hydrogens (tertiary/aromatic N) is 1. The number of rotatable bonds is 5. The van der Waals surface area contributed by atoms with Gasteiger partial charge in [0.2, 0.25) is 5.91 Å². The number of benzene rings is 1. The molecule has 2 atom stereocenters. The van der Waals surface area contributed by atoms with Gasteiger partial charge in [0, 0.05) is 19.2 Å². The molecule has 1 aromatic heterocycles. The number of hydrogen-bond donors (Lipinski definition) is 1. The number of nitrogens with two attached hydrogens (primary N) is 1. The highest BCUT2D eigenvalue weighted by Crippen LogP contribution is 2.24. The molecule has 6 nitrogen and oxygen atoms in total. The first-order valence-corrected chi connectivity index (χ1v) is 7.59. The maximum absolute atomic E-state index is 11.3. The van der Waals surface area contributed by atoms with Crippen LogP contribution in [0.15, 0.2) is 46.9 Å².